The van der Waals surface area contributed by atoms with Crippen LogP contribution in [0.1, 0.15) is 38.5 Å². The lowest BCUT2D eigenvalue weighted by Gasteiger charge is -2.29. The number of nitrogens with one attached hydrogen (secondary N) is 2. The summed E-state index contributed by atoms with van der Waals surface area (Å²) in [7, 11) is 0. The van der Waals surface area contributed by atoms with Crippen LogP contribution in [0.5, 0.6) is 0 Å². The smallest absolute Gasteiger partial charge is 0.0224 e. The van der Waals surface area contributed by atoms with E-state index in [2.05, 4.69) is 10.6 Å². The van der Waals surface area contributed by atoms with E-state index in [0.29, 0.717) is 0 Å². The van der Waals surface area contributed by atoms with E-state index in [1.54, 1.807) is 0 Å². The Morgan fingerprint density at radius 2 is 1.93 bits per heavy atom. The van der Waals surface area contributed by atoms with Crippen LogP contribution in [0, 0.1) is 11.8 Å². The van der Waals surface area contributed by atoms with E-state index in [1.165, 1.54) is 51.6 Å². The van der Waals surface area contributed by atoms with Crippen LogP contribution in [-0.2, 0) is 0 Å². The fourth-order valence-electron chi connectivity index (χ4n) is 3.43. The standard InChI is InChI=1S/C12H22N2/c1-3-9-7-14-12(11(9)6-1)8-13-10-4-2-5-10/h9-14H,1-8H2. The minimum absolute atomic E-state index is 0.795. The van der Waals surface area contributed by atoms with Gasteiger partial charge in [0.2, 0.25) is 0 Å². The number of hydrogen-bond donors (Lipinski definition) is 2. The molecule has 0 aromatic carbocycles. The summed E-state index contributed by atoms with van der Waals surface area (Å²) in [4.78, 5) is 0. The summed E-state index contributed by atoms with van der Waals surface area (Å²) in [5, 5.41) is 7.41. The van der Waals surface area contributed by atoms with Crippen molar-refractivity contribution in [3.05, 3.63) is 0 Å². The summed E-state index contributed by atoms with van der Waals surface area (Å²) < 4.78 is 0. The van der Waals surface area contributed by atoms with E-state index < -0.39 is 0 Å². The van der Waals surface area contributed by atoms with Gasteiger partial charge in [0, 0.05) is 18.6 Å². The molecule has 3 aliphatic rings. The van der Waals surface area contributed by atoms with Crippen LogP contribution >= 0.6 is 0 Å². The minimum Gasteiger partial charge on any atom is -0.312 e. The molecule has 0 aromatic rings. The third-order valence-electron chi connectivity index (χ3n) is 4.61. The maximum atomic E-state index is 3.71. The van der Waals surface area contributed by atoms with Gasteiger partial charge in [-0.25, -0.2) is 0 Å². The van der Waals surface area contributed by atoms with Gasteiger partial charge in [0.05, 0.1) is 0 Å². The number of rotatable bonds is 3. The molecule has 1 heterocycles. The summed E-state index contributed by atoms with van der Waals surface area (Å²) in [5.41, 5.74) is 0. The Hall–Kier alpha value is -0.0800. The third kappa shape index (κ3) is 1.59. The first-order chi connectivity index (χ1) is 6.93. The lowest BCUT2D eigenvalue weighted by Crippen LogP contribution is -2.44. The molecule has 0 radical (unpaired) electrons. The molecule has 3 fully saturated rings. The van der Waals surface area contributed by atoms with Crippen LogP contribution in [0.2, 0.25) is 0 Å². The predicted molar refractivity (Wildman–Crippen MR) is 58.3 cm³/mol. The summed E-state index contributed by atoms with van der Waals surface area (Å²) in [6.45, 7) is 2.52. The Bertz CT molecular complexity index is 200. The van der Waals surface area contributed by atoms with Gasteiger partial charge in [-0.1, -0.05) is 12.8 Å². The topological polar surface area (TPSA) is 24.1 Å². The minimum atomic E-state index is 0.795. The van der Waals surface area contributed by atoms with E-state index in [1.807, 2.05) is 0 Å². The van der Waals surface area contributed by atoms with Crippen LogP contribution in [0.15, 0.2) is 0 Å². The molecular formula is C12H22N2. The van der Waals surface area contributed by atoms with Gasteiger partial charge in [-0.3, -0.25) is 0 Å². The van der Waals surface area contributed by atoms with Crippen LogP contribution in [0.3, 0.4) is 0 Å². The molecule has 2 aliphatic carbocycles. The van der Waals surface area contributed by atoms with Crippen LogP contribution in [-0.4, -0.2) is 25.2 Å². The van der Waals surface area contributed by atoms with Gasteiger partial charge in [0.25, 0.3) is 0 Å². The molecule has 0 bridgehead atoms. The molecule has 1 aliphatic heterocycles. The number of hydrogen-bond acceptors (Lipinski definition) is 2. The van der Waals surface area contributed by atoms with Crippen molar-refractivity contribution < 1.29 is 0 Å². The quantitative estimate of drug-likeness (QED) is 0.712. The highest BCUT2D eigenvalue weighted by molar-refractivity contribution is 4.95. The summed E-state index contributed by atoms with van der Waals surface area (Å²) >= 11 is 0. The van der Waals surface area contributed by atoms with Gasteiger partial charge in [-0.05, 0) is 44.1 Å². The highest BCUT2D eigenvalue weighted by atomic mass is 15.0. The summed E-state index contributed by atoms with van der Waals surface area (Å²) in [5.74, 6) is 2.02. The Balaban J connectivity index is 1.47. The maximum absolute atomic E-state index is 3.71. The Morgan fingerprint density at radius 3 is 2.71 bits per heavy atom. The van der Waals surface area contributed by atoms with Crippen LogP contribution in [0.4, 0.5) is 0 Å². The normalized spacial score (nSPS) is 42.4. The Kier molecular flexibility index (Phi) is 2.50. The molecule has 2 N–H and O–H groups in total. The van der Waals surface area contributed by atoms with Crippen molar-refractivity contribution in [2.75, 3.05) is 13.1 Å². The first-order valence-corrected chi connectivity index (χ1v) is 6.40. The Morgan fingerprint density at radius 1 is 1.07 bits per heavy atom. The second-order valence-electron chi connectivity index (χ2n) is 5.41. The maximum Gasteiger partial charge on any atom is 0.0224 e. The molecule has 14 heavy (non-hydrogen) atoms. The fraction of sp³-hybridized carbons (Fsp3) is 1.00. The number of fused-ring (bicyclic) bond motifs is 1. The molecule has 2 saturated carbocycles. The first-order valence-electron chi connectivity index (χ1n) is 6.40. The summed E-state index contributed by atoms with van der Waals surface area (Å²) in [6, 6.07) is 1.65. The second-order valence-corrected chi connectivity index (χ2v) is 5.41. The van der Waals surface area contributed by atoms with E-state index >= 15 is 0 Å². The van der Waals surface area contributed by atoms with Crippen molar-refractivity contribution >= 4 is 0 Å². The van der Waals surface area contributed by atoms with Gasteiger partial charge >= 0.3 is 0 Å². The molecular weight excluding hydrogens is 172 g/mol. The largest absolute Gasteiger partial charge is 0.312 e. The molecule has 2 nitrogen and oxygen atoms in total. The molecule has 80 valence electrons. The molecule has 3 rings (SSSR count). The average Bonchev–Trinajstić information content (AvgIpc) is 2.65. The molecule has 3 unspecified atom stereocenters. The second kappa shape index (κ2) is 3.82. The van der Waals surface area contributed by atoms with Gasteiger partial charge in [-0.15, -0.1) is 0 Å². The van der Waals surface area contributed by atoms with Gasteiger partial charge in [0.1, 0.15) is 0 Å². The highest BCUT2D eigenvalue weighted by Crippen LogP contribution is 2.37. The van der Waals surface area contributed by atoms with Crippen LogP contribution in [0.25, 0.3) is 0 Å². The monoisotopic (exact) mass is 194 g/mol. The van der Waals surface area contributed by atoms with Crippen molar-refractivity contribution in [2.24, 2.45) is 11.8 Å². The predicted octanol–water partition coefficient (Wildman–Crippen LogP) is 1.52. The molecule has 2 heteroatoms. The zero-order valence-electron chi connectivity index (χ0n) is 8.97. The molecule has 1 saturated heterocycles. The lowest BCUT2D eigenvalue weighted by molar-refractivity contribution is 0.306. The van der Waals surface area contributed by atoms with E-state index in [4.69, 9.17) is 0 Å². The van der Waals surface area contributed by atoms with Gasteiger partial charge < -0.3 is 10.6 Å². The third-order valence-corrected chi connectivity index (χ3v) is 4.61. The van der Waals surface area contributed by atoms with Crippen molar-refractivity contribution in [1.29, 1.82) is 0 Å². The zero-order valence-corrected chi connectivity index (χ0v) is 8.97. The lowest BCUT2D eigenvalue weighted by atomic mass is 9.91. The van der Waals surface area contributed by atoms with Crippen molar-refractivity contribution in [3.63, 3.8) is 0 Å². The first kappa shape index (κ1) is 9.17. The molecule has 3 atom stereocenters. The average molecular weight is 194 g/mol. The molecule has 0 aromatic heterocycles. The molecule has 0 spiro atoms. The van der Waals surface area contributed by atoms with Crippen molar-refractivity contribution in [3.8, 4) is 0 Å². The van der Waals surface area contributed by atoms with Gasteiger partial charge in [0.15, 0.2) is 0 Å². The van der Waals surface area contributed by atoms with Gasteiger partial charge in [-0.2, -0.15) is 0 Å². The SMILES string of the molecule is C1CC(NCC2NCC3CCCC32)C1. The van der Waals surface area contributed by atoms with E-state index in [-0.39, 0.29) is 0 Å². The summed E-state index contributed by atoms with van der Waals surface area (Å²) in [6.07, 6.45) is 8.73. The van der Waals surface area contributed by atoms with Crippen molar-refractivity contribution in [1.82, 2.24) is 10.6 Å². The van der Waals surface area contributed by atoms with Crippen molar-refractivity contribution in [2.45, 2.75) is 50.6 Å². The van der Waals surface area contributed by atoms with E-state index in [9.17, 15) is 0 Å². The van der Waals surface area contributed by atoms with Crippen LogP contribution < -0.4 is 10.6 Å². The Labute approximate surface area is 86.8 Å². The highest BCUT2D eigenvalue weighted by Gasteiger charge is 2.38. The molecule has 0 amide bonds. The van der Waals surface area contributed by atoms with E-state index in [0.717, 1.165) is 23.9 Å². The fourth-order valence-corrected chi connectivity index (χ4v) is 3.43. The zero-order chi connectivity index (χ0) is 9.38.